The summed E-state index contributed by atoms with van der Waals surface area (Å²) in [7, 11) is 0. The average molecular weight is 269 g/mol. The number of carbonyl (C=O) groups excluding carboxylic acids is 1. The molecule has 0 aromatic heterocycles. The Kier molecular flexibility index (Phi) is 4.61. The summed E-state index contributed by atoms with van der Waals surface area (Å²) < 4.78 is 18.6. The molecule has 6 heteroatoms. The van der Waals surface area contributed by atoms with Crippen LogP contribution in [-0.4, -0.2) is 29.2 Å². The van der Waals surface area contributed by atoms with Crippen LogP contribution < -0.4 is 5.32 Å². The summed E-state index contributed by atoms with van der Waals surface area (Å²) in [6.45, 7) is 5.12. The fourth-order valence-electron chi connectivity index (χ4n) is 1.22. The highest BCUT2D eigenvalue weighted by Gasteiger charge is 2.15. The molecule has 0 spiro atoms. The van der Waals surface area contributed by atoms with E-state index in [2.05, 4.69) is 5.32 Å². The number of hydrogen-bond acceptors (Lipinski definition) is 3. The first-order chi connectivity index (χ1) is 8.69. The van der Waals surface area contributed by atoms with E-state index in [4.69, 9.17) is 9.84 Å². The lowest BCUT2D eigenvalue weighted by Gasteiger charge is -2.19. The molecule has 0 bridgehead atoms. The molecule has 19 heavy (non-hydrogen) atoms. The van der Waals surface area contributed by atoms with Gasteiger partial charge in [-0.25, -0.2) is 9.18 Å². The quantitative estimate of drug-likeness (QED) is 0.879. The third kappa shape index (κ3) is 5.05. The number of hydrogen-bond donors (Lipinski definition) is 2. The predicted molar refractivity (Wildman–Crippen MR) is 67.7 cm³/mol. The molecule has 1 amide bonds. The molecule has 1 aromatic carbocycles. The highest BCUT2D eigenvalue weighted by Crippen LogP contribution is 2.16. The third-order valence-electron chi connectivity index (χ3n) is 2.12. The van der Waals surface area contributed by atoms with Crippen molar-refractivity contribution < 1.29 is 23.8 Å². The van der Waals surface area contributed by atoms with E-state index in [1.807, 2.05) is 0 Å². The third-order valence-corrected chi connectivity index (χ3v) is 2.12. The van der Waals surface area contributed by atoms with Crippen LogP contribution in [0.5, 0.6) is 0 Å². The first kappa shape index (κ1) is 15.1. The van der Waals surface area contributed by atoms with Crippen LogP contribution in [-0.2, 0) is 9.53 Å². The van der Waals surface area contributed by atoms with Crippen molar-refractivity contribution in [2.75, 3.05) is 11.9 Å². The van der Waals surface area contributed by atoms with Gasteiger partial charge in [0, 0.05) is 0 Å². The largest absolute Gasteiger partial charge is 0.478 e. The van der Waals surface area contributed by atoms with Crippen LogP contribution in [0.25, 0.3) is 0 Å². The summed E-state index contributed by atoms with van der Waals surface area (Å²) >= 11 is 0. The van der Waals surface area contributed by atoms with E-state index in [-0.39, 0.29) is 17.9 Å². The van der Waals surface area contributed by atoms with E-state index >= 15 is 0 Å². The van der Waals surface area contributed by atoms with Gasteiger partial charge in [0.05, 0.1) is 16.9 Å². The lowest BCUT2D eigenvalue weighted by atomic mass is 10.2. The second-order valence-electron chi connectivity index (χ2n) is 4.95. The van der Waals surface area contributed by atoms with Gasteiger partial charge < -0.3 is 15.2 Å². The summed E-state index contributed by atoms with van der Waals surface area (Å²) in [5.74, 6) is -2.44. The van der Waals surface area contributed by atoms with Crippen molar-refractivity contribution in [3.8, 4) is 0 Å². The fourth-order valence-corrected chi connectivity index (χ4v) is 1.22. The molecule has 1 rings (SSSR count). The highest BCUT2D eigenvalue weighted by molar-refractivity contribution is 5.94. The van der Waals surface area contributed by atoms with Crippen LogP contribution in [0, 0.1) is 5.82 Å². The number of ether oxygens (including phenoxy) is 1. The second-order valence-corrected chi connectivity index (χ2v) is 4.95. The highest BCUT2D eigenvalue weighted by atomic mass is 19.1. The maximum absolute atomic E-state index is 13.4. The molecule has 1 aromatic rings. The van der Waals surface area contributed by atoms with E-state index in [1.54, 1.807) is 20.8 Å². The molecular formula is C13H16FNO4. The Morgan fingerprint density at radius 1 is 1.37 bits per heavy atom. The van der Waals surface area contributed by atoms with E-state index in [1.165, 1.54) is 0 Å². The normalized spacial score (nSPS) is 11.2. The summed E-state index contributed by atoms with van der Waals surface area (Å²) in [6.07, 6.45) is 0. The molecule has 0 aliphatic heterocycles. The van der Waals surface area contributed by atoms with Crippen LogP contribution in [0.15, 0.2) is 18.2 Å². The fraction of sp³-hybridized carbons (Fsp3) is 0.385. The van der Waals surface area contributed by atoms with Crippen molar-refractivity contribution in [3.63, 3.8) is 0 Å². The Bertz CT molecular complexity index is 494. The summed E-state index contributed by atoms with van der Waals surface area (Å²) in [5.41, 5.74) is -0.769. The van der Waals surface area contributed by atoms with Gasteiger partial charge >= 0.3 is 5.97 Å². The van der Waals surface area contributed by atoms with Crippen LogP contribution >= 0.6 is 0 Å². The molecule has 2 N–H and O–H groups in total. The zero-order valence-corrected chi connectivity index (χ0v) is 11.0. The van der Waals surface area contributed by atoms with Gasteiger partial charge in [0.15, 0.2) is 0 Å². The van der Waals surface area contributed by atoms with Crippen molar-refractivity contribution in [2.24, 2.45) is 0 Å². The lowest BCUT2D eigenvalue weighted by Crippen LogP contribution is -2.27. The molecule has 0 fully saturated rings. The topological polar surface area (TPSA) is 75.6 Å². The van der Waals surface area contributed by atoms with Crippen molar-refractivity contribution in [1.29, 1.82) is 0 Å². The van der Waals surface area contributed by atoms with Crippen LogP contribution in [0.4, 0.5) is 10.1 Å². The minimum Gasteiger partial charge on any atom is -0.478 e. The number of carbonyl (C=O) groups is 2. The van der Waals surface area contributed by atoms with Gasteiger partial charge in [-0.05, 0) is 39.0 Å². The molecule has 104 valence electrons. The average Bonchev–Trinajstić information content (AvgIpc) is 2.28. The van der Waals surface area contributed by atoms with E-state index < -0.39 is 23.3 Å². The van der Waals surface area contributed by atoms with E-state index in [0.717, 1.165) is 18.2 Å². The number of anilines is 1. The Balaban J connectivity index is 2.73. The number of carboxylic acid groups (broad SMARTS) is 1. The number of nitrogens with one attached hydrogen (secondary N) is 1. The standard InChI is InChI=1S/C13H16FNO4/c1-13(2,3)19-7-11(16)15-10-6-8(12(17)18)4-5-9(10)14/h4-6H,7H2,1-3H3,(H,15,16)(H,17,18). The zero-order chi connectivity index (χ0) is 14.6. The predicted octanol–water partition coefficient (Wildman–Crippen LogP) is 2.28. The summed E-state index contributed by atoms with van der Waals surface area (Å²) in [5, 5.41) is 11.1. The maximum Gasteiger partial charge on any atom is 0.335 e. The van der Waals surface area contributed by atoms with Crippen molar-refractivity contribution >= 4 is 17.6 Å². The van der Waals surface area contributed by atoms with Gasteiger partial charge in [0.2, 0.25) is 5.91 Å². The Morgan fingerprint density at radius 2 is 2.00 bits per heavy atom. The van der Waals surface area contributed by atoms with Gasteiger partial charge in [0.1, 0.15) is 12.4 Å². The monoisotopic (exact) mass is 269 g/mol. The molecule has 0 aliphatic rings. The molecular weight excluding hydrogens is 253 g/mol. The molecule has 0 heterocycles. The van der Waals surface area contributed by atoms with Crippen LogP contribution in [0.3, 0.4) is 0 Å². The Hall–Kier alpha value is -1.95. The number of halogens is 1. The molecule has 0 aliphatic carbocycles. The smallest absolute Gasteiger partial charge is 0.335 e. The number of benzene rings is 1. The molecule has 0 radical (unpaired) electrons. The first-order valence-electron chi connectivity index (χ1n) is 5.66. The lowest BCUT2D eigenvalue weighted by molar-refractivity contribution is -0.125. The van der Waals surface area contributed by atoms with Gasteiger partial charge in [-0.2, -0.15) is 0 Å². The van der Waals surface area contributed by atoms with Crippen LogP contribution in [0.1, 0.15) is 31.1 Å². The van der Waals surface area contributed by atoms with Crippen LogP contribution in [0.2, 0.25) is 0 Å². The zero-order valence-electron chi connectivity index (χ0n) is 11.0. The first-order valence-corrected chi connectivity index (χ1v) is 5.66. The maximum atomic E-state index is 13.4. The molecule has 0 saturated carbocycles. The molecule has 0 unspecified atom stereocenters. The Morgan fingerprint density at radius 3 is 2.53 bits per heavy atom. The van der Waals surface area contributed by atoms with Crippen molar-refractivity contribution in [1.82, 2.24) is 0 Å². The summed E-state index contributed by atoms with van der Waals surface area (Å²) in [6, 6.07) is 3.18. The van der Waals surface area contributed by atoms with Gasteiger partial charge in [-0.1, -0.05) is 0 Å². The number of aromatic carboxylic acids is 1. The Labute approximate surface area is 110 Å². The van der Waals surface area contributed by atoms with Gasteiger partial charge in [-0.15, -0.1) is 0 Å². The van der Waals surface area contributed by atoms with Gasteiger partial charge in [-0.3, -0.25) is 4.79 Å². The second kappa shape index (κ2) is 5.79. The minimum absolute atomic E-state index is 0.103. The molecule has 5 nitrogen and oxygen atoms in total. The van der Waals surface area contributed by atoms with E-state index in [9.17, 15) is 14.0 Å². The SMILES string of the molecule is CC(C)(C)OCC(=O)Nc1cc(C(=O)O)ccc1F. The molecule has 0 saturated heterocycles. The number of amides is 1. The van der Waals surface area contributed by atoms with Crippen molar-refractivity contribution in [3.05, 3.63) is 29.6 Å². The number of carboxylic acids is 1. The minimum atomic E-state index is -1.19. The molecule has 0 atom stereocenters. The van der Waals surface area contributed by atoms with E-state index in [0.29, 0.717) is 0 Å². The van der Waals surface area contributed by atoms with Gasteiger partial charge in [0.25, 0.3) is 0 Å². The number of rotatable bonds is 4. The van der Waals surface area contributed by atoms with Crippen molar-refractivity contribution in [2.45, 2.75) is 26.4 Å². The summed E-state index contributed by atoms with van der Waals surface area (Å²) in [4.78, 5) is 22.3.